The van der Waals surface area contributed by atoms with Crippen LogP contribution in [0.25, 0.3) is 0 Å². The molecule has 0 aliphatic heterocycles. The Hall–Kier alpha value is -1.86. The Morgan fingerprint density at radius 2 is 1.91 bits per heavy atom. The summed E-state index contributed by atoms with van der Waals surface area (Å²) in [6, 6.07) is 11.1. The number of nitrogens with one attached hydrogen (secondary N) is 1. The molecule has 5 nitrogen and oxygen atoms in total. The molecule has 0 bridgehead atoms. The first kappa shape index (κ1) is 16.5. The summed E-state index contributed by atoms with van der Waals surface area (Å²) in [5.74, 6) is -0.572. The van der Waals surface area contributed by atoms with Crippen molar-refractivity contribution in [3.63, 3.8) is 0 Å². The van der Waals surface area contributed by atoms with Crippen molar-refractivity contribution >= 4 is 37.6 Å². The predicted octanol–water partition coefficient (Wildman–Crippen LogP) is 3.34. The number of esters is 1. The lowest BCUT2D eigenvalue weighted by molar-refractivity contribution is 0.0599. The highest BCUT2D eigenvalue weighted by Crippen LogP contribution is 2.21. The molecule has 0 aromatic heterocycles. The molecule has 0 spiro atoms. The van der Waals surface area contributed by atoms with Crippen LogP contribution in [-0.4, -0.2) is 21.5 Å². The average Bonchev–Trinajstić information content (AvgIpc) is 2.46. The summed E-state index contributed by atoms with van der Waals surface area (Å²) in [6.45, 7) is 1.71. The number of hydrogen-bond acceptors (Lipinski definition) is 4. The van der Waals surface area contributed by atoms with Gasteiger partial charge < -0.3 is 4.74 Å². The fourth-order valence-electron chi connectivity index (χ4n) is 1.86. The molecule has 0 fully saturated rings. The number of benzene rings is 2. The van der Waals surface area contributed by atoms with Crippen LogP contribution in [0.1, 0.15) is 15.9 Å². The Kier molecular flexibility index (Phi) is 4.87. The van der Waals surface area contributed by atoms with Crippen molar-refractivity contribution in [3.05, 3.63) is 58.1 Å². The minimum absolute atomic E-state index is 0.00141. The Balaban J connectivity index is 2.39. The first-order valence-corrected chi connectivity index (χ1v) is 8.58. The summed E-state index contributed by atoms with van der Waals surface area (Å²) >= 11 is 3.28. The molecule has 22 heavy (non-hydrogen) atoms. The van der Waals surface area contributed by atoms with Gasteiger partial charge in [0.25, 0.3) is 10.0 Å². The topological polar surface area (TPSA) is 72.5 Å². The molecule has 0 unspecified atom stereocenters. The summed E-state index contributed by atoms with van der Waals surface area (Å²) < 4.78 is 32.7. The molecular weight excluding hydrogens is 370 g/mol. The van der Waals surface area contributed by atoms with E-state index < -0.39 is 16.0 Å². The monoisotopic (exact) mass is 383 g/mol. The van der Waals surface area contributed by atoms with Crippen LogP contribution in [-0.2, 0) is 14.8 Å². The number of anilines is 1. The number of sulfonamides is 1. The molecule has 0 aliphatic rings. The van der Waals surface area contributed by atoms with Gasteiger partial charge in [0.2, 0.25) is 0 Å². The van der Waals surface area contributed by atoms with Gasteiger partial charge in [-0.2, -0.15) is 0 Å². The van der Waals surface area contributed by atoms with E-state index in [-0.39, 0.29) is 10.5 Å². The molecule has 0 radical (unpaired) electrons. The van der Waals surface area contributed by atoms with E-state index in [9.17, 15) is 13.2 Å². The molecule has 0 aliphatic carbocycles. The molecule has 2 aromatic rings. The van der Waals surface area contributed by atoms with Crippen LogP contribution in [0.3, 0.4) is 0 Å². The van der Waals surface area contributed by atoms with Gasteiger partial charge in [-0.3, -0.25) is 4.72 Å². The molecule has 7 heteroatoms. The van der Waals surface area contributed by atoms with Crippen molar-refractivity contribution in [1.82, 2.24) is 0 Å². The second kappa shape index (κ2) is 6.50. The second-order valence-corrected chi connectivity index (χ2v) is 7.18. The van der Waals surface area contributed by atoms with Crippen LogP contribution < -0.4 is 4.72 Å². The Morgan fingerprint density at radius 1 is 1.18 bits per heavy atom. The molecule has 0 atom stereocenters. The Bertz CT molecular complexity index is 818. The third-order valence-corrected chi connectivity index (χ3v) is 4.87. The number of carbonyl (C=O) groups is 1. The Labute approximate surface area is 137 Å². The zero-order valence-corrected chi connectivity index (χ0v) is 14.4. The third kappa shape index (κ3) is 3.66. The highest BCUT2D eigenvalue weighted by atomic mass is 79.9. The lowest BCUT2D eigenvalue weighted by atomic mass is 10.1. The van der Waals surface area contributed by atoms with E-state index in [2.05, 4.69) is 25.4 Å². The third-order valence-electron chi connectivity index (χ3n) is 3.00. The minimum atomic E-state index is -3.79. The van der Waals surface area contributed by atoms with Crippen molar-refractivity contribution in [2.45, 2.75) is 11.8 Å². The van der Waals surface area contributed by atoms with E-state index in [4.69, 9.17) is 0 Å². The molecule has 1 N–H and O–H groups in total. The highest BCUT2D eigenvalue weighted by molar-refractivity contribution is 9.10. The number of ether oxygens (including phenoxy) is 1. The number of rotatable bonds is 4. The van der Waals surface area contributed by atoms with Gasteiger partial charge in [0.05, 0.1) is 17.6 Å². The molecule has 2 aromatic carbocycles. The molecule has 2 rings (SSSR count). The summed E-state index contributed by atoms with van der Waals surface area (Å²) in [7, 11) is -2.54. The smallest absolute Gasteiger partial charge is 0.338 e. The summed E-state index contributed by atoms with van der Waals surface area (Å²) in [4.78, 5) is 11.7. The van der Waals surface area contributed by atoms with Gasteiger partial charge in [-0.25, -0.2) is 13.2 Å². The lowest BCUT2D eigenvalue weighted by Crippen LogP contribution is -2.14. The lowest BCUT2D eigenvalue weighted by Gasteiger charge is -2.10. The number of halogens is 1. The molecular formula is C15H14BrNO4S. The number of carbonyl (C=O) groups excluding carboxylic acids is 1. The van der Waals surface area contributed by atoms with Gasteiger partial charge in [0, 0.05) is 10.2 Å². The van der Waals surface area contributed by atoms with Crippen LogP contribution in [0.5, 0.6) is 0 Å². The first-order chi connectivity index (χ1) is 10.3. The standard InChI is InChI=1S/C15H14BrNO4S/c1-10-6-7-13(9-14(10)15(18)21-2)22(19,20)17-12-5-3-4-11(16)8-12/h3-9,17H,1-2H3. The van der Waals surface area contributed by atoms with Crippen LogP contribution in [0.4, 0.5) is 5.69 Å². The number of hydrogen-bond donors (Lipinski definition) is 1. The largest absolute Gasteiger partial charge is 0.465 e. The van der Waals surface area contributed by atoms with E-state index in [1.807, 2.05) is 0 Å². The summed E-state index contributed by atoms with van der Waals surface area (Å²) in [5, 5.41) is 0. The van der Waals surface area contributed by atoms with E-state index in [1.54, 1.807) is 37.3 Å². The van der Waals surface area contributed by atoms with E-state index in [0.29, 0.717) is 11.3 Å². The van der Waals surface area contributed by atoms with E-state index in [0.717, 1.165) is 4.47 Å². The van der Waals surface area contributed by atoms with Gasteiger partial charge >= 0.3 is 5.97 Å². The van der Waals surface area contributed by atoms with Crippen molar-refractivity contribution in [2.75, 3.05) is 11.8 Å². The molecule has 0 heterocycles. The number of methoxy groups -OCH3 is 1. The fraction of sp³-hybridized carbons (Fsp3) is 0.133. The van der Waals surface area contributed by atoms with Gasteiger partial charge in [-0.1, -0.05) is 28.1 Å². The minimum Gasteiger partial charge on any atom is -0.465 e. The zero-order chi connectivity index (χ0) is 16.3. The molecule has 0 saturated carbocycles. The number of aryl methyl sites for hydroxylation is 1. The first-order valence-electron chi connectivity index (χ1n) is 6.31. The SMILES string of the molecule is COC(=O)c1cc(S(=O)(=O)Nc2cccc(Br)c2)ccc1C. The molecule has 116 valence electrons. The second-order valence-electron chi connectivity index (χ2n) is 4.58. The maximum absolute atomic E-state index is 12.4. The van der Waals surface area contributed by atoms with Crippen molar-refractivity contribution in [1.29, 1.82) is 0 Å². The van der Waals surface area contributed by atoms with Crippen LogP contribution in [0, 0.1) is 6.92 Å². The average molecular weight is 384 g/mol. The van der Waals surface area contributed by atoms with Gasteiger partial charge in [0.1, 0.15) is 0 Å². The quantitative estimate of drug-likeness (QED) is 0.821. The maximum Gasteiger partial charge on any atom is 0.338 e. The van der Waals surface area contributed by atoms with Gasteiger partial charge in [-0.05, 0) is 42.8 Å². The van der Waals surface area contributed by atoms with Crippen LogP contribution in [0.15, 0.2) is 51.8 Å². The van der Waals surface area contributed by atoms with Gasteiger partial charge in [-0.15, -0.1) is 0 Å². The molecule has 0 saturated heterocycles. The van der Waals surface area contributed by atoms with E-state index >= 15 is 0 Å². The van der Waals surface area contributed by atoms with Gasteiger partial charge in [0.15, 0.2) is 0 Å². The normalized spacial score (nSPS) is 11.0. The zero-order valence-electron chi connectivity index (χ0n) is 12.0. The van der Waals surface area contributed by atoms with Crippen LogP contribution in [0.2, 0.25) is 0 Å². The fourth-order valence-corrected chi connectivity index (χ4v) is 3.34. The predicted molar refractivity (Wildman–Crippen MR) is 87.5 cm³/mol. The van der Waals surface area contributed by atoms with E-state index in [1.165, 1.54) is 19.2 Å². The van der Waals surface area contributed by atoms with Crippen molar-refractivity contribution in [3.8, 4) is 0 Å². The molecule has 0 amide bonds. The Morgan fingerprint density at radius 3 is 2.55 bits per heavy atom. The highest BCUT2D eigenvalue weighted by Gasteiger charge is 2.18. The summed E-state index contributed by atoms with van der Waals surface area (Å²) in [6.07, 6.45) is 0. The summed E-state index contributed by atoms with van der Waals surface area (Å²) in [5.41, 5.74) is 1.29. The maximum atomic E-state index is 12.4. The van der Waals surface area contributed by atoms with Crippen molar-refractivity contribution in [2.24, 2.45) is 0 Å². The van der Waals surface area contributed by atoms with Crippen LogP contribution >= 0.6 is 15.9 Å². The van der Waals surface area contributed by atoms with Crippen molar-refractivity contribution < 1.29 is 17.9 Å².